The molecule has 0 spiro atoms. The quantitative estimate of drug-likeness (QED) is 0.565. The zero-order chi connectivity index (χ0) is 13.1. The number of aliphatic hydroxyl groups excluding tert-OH is 1. The van der Waals surface area contributed by atoms with Gasteiger partial charge in [0.25, 0.3) is 6.47 Å². The standard InChI is InChI=1S/C11H19NO5/c1-10(2,3)17-9(15)12-11(16-7-14)4-8(5-11)6-13/h7-8,13H,4-6H2,1-3H3,(H,12,15). The monoisotopic (exact) mass is 245 g/mol. The first-order valence-corrected chi connectivity index (χ1v) is 5.54. The normalized spacial score (nSPS) is 27.9. The van der Waals surface area contributed by atoms with E-state index >= 15 is 0 Å². The van der Waals surface area contributed by atoms with Gasteiger partial charge >= 0.3 is 6.09 Å². The maximum Gasteiger partial charge on any atom is 0.410 e. The molecule has 0 bridgehead atoms. The number of nitrogens with one attached hydrogen (secondary N) is 1. The molecule has 1 aliphatic carbocycles. The van der Waals surface area contributed by atoms with Gasteiger partial charge in [0, 0.05) is 19.4 Å². The maximum absolute atomic E-state index is 11.5. The summed E-state index contributed by atoms with van der Waals surface area (Å²) in [6.07, 6.45) is 0.180. The van der Waals surface area contributed by atoms with Gasteiger partial charge in [0.1, 0.15) is 5.60 Å². The molecule has 2 N–H and O–H groups in total. The number of aliphatic hydroxyl groups is 1. The van der Waals surface area contributed by atoms with E-state index in [1.54, 1.807) is 20.8 Å². The van der Waals surface area contributed by atoms with Gasteiger partial charge in [-0.15, -0.1) is 0 Å². The summed E-state index contributed by atoms with van der Waals surface area (Å²) in [6.45, 7) is 5.55. The van der Waals surface area contributed by atoms with Crippen LogP contribution in [0.5, 0.6) is 0 Å². The molecule has 0 radical (unpaired) electrons. The Bertz CT molecular complexity index is 291. The molecule has 6 nitrogen and oxygen atoms in total. The van der Waals surface area contributed by atoms with Crippen molar-refractivity contribution in [2.75, 3.05) is 6.61 Å². The van der Waals surface area contributed by atoms with Crippen LogP contribution in [0.15, 0.2) is 0 Å². The van der Waals surface area contributed by atoms with Crippen molar-refractivity contribution in [3.8, 4) is 0 Å². The zero-order valence-electron chi connectivity index (χ0n) is 10.4. The number of carbonyl (C=O) groups excluding carboxylic acids is 2. The summed E-state index contributed by atoms with van der Waals surface area (Å²) in [5.41, 5.74) is -1.62. The second-order valence-corrected chi connectivity index (χ2v) is 5.29. The Morgan fingerprint density at radius 3 is 2.53 bits per heavy atom. The molecule has 17 heavy (non-hydrogen) atoms. The van der Waals surface area contributed by atoms with Crippen LogP contribution in [-0.2, 0) is 14.3 Å². The van der Waals surface area contributed by atoms with Crippen molar-refractivity contribution in [1.82, 2.24) is 5.32 Å². The Morgan fingerprint density at radius 1 is 1.53 bits per heavy atom. The van der Waals surface area contributed by atoms with E-state index in [1.165, 1.54) is 0 Å². The van der Waals surface area contributed by atoms with E-state index in [1.807, 2.05) is 0 Å². The van der Waals surface area contributed by atoms with Crippen LogP contribution in [-0.4, -0.2) is 35.6 Å². The summed E-state index contributed by atoms with van der Waals surface area (Å²) in [4.78, 5) is 21.9. The molecule has 1 saturated carbocycles. The van der Waals surface area contributed by atoms with E-state index < -0.39 is 17.4 Å². The van der Waals surface area contributed by atoms with Crippen molar-refractivity contribution in [3.05, 3.63) is 0 Å². The summed E-state index contributed by atoms with van der Waals surface area (Å²) >= 11 is 0. The van der Waals surface area contributed by atoms with Gasteiger partial charge in [-0.05, 0) is 26.7 Å². The summed E-state index contributed by atoms with van der Waals surface area (Å²) < 4.78 is 9.95. The molecule has 0 aromatic carbocycles. The third-order valence-corrected chi connectivity index (χ3v) is 2.50. The highest BCUT2D eigenvalue weighted by molar-refractivity contribution is 5.69. The Balaban J connectivity index is 2.51. The molecule has 1 aliphatic rings. The summed E-state index contributed by atoms with van der Waals surface area (Å²) in [6, 6.07) is 0. The molecule has 1 rings (SSSR count). The molecule has 0 aromatic rings. The number of rotatable bonds is 4. The molecular weight excluding hydrogens is 226 g/mol. The fraction of sp³-hybridized carbons (Fsp3) is 0.818. The van der Waals surface area contributed by atoms with Crippen molar-refractivity contribution in [3.63, 3.8) is 0 Å². The van der Waals surface area contributed by atoms with Crippen molar-refractivity contribution < 1.29 is 24.2 Å². The van der Waals surface area contributed by atoms with Crippen LogP contribution in [0.2, 0.25) is 0 Å². The Hall–Kier alpha value is -1.30. The number of carbonyl (C=O) groups is 2. The molecule has 0 saturated heterocycles. The van der Waals surface area contributed by atoms with Gasteiger partial charge in [0.2, 0.25) is 0 Å². The van der Waals surface area contributed by atoms with Crippen LogP contribution in [0.25, 0.3) is 0 Å². The van der Waals surface area contributed by atoms with Gasteiger partial charge < -0.3 is 14.6 Å². The molecule has 0 heterocycles. The van der Waals surface area contributed by atoms with E-state index in [-0.39, 0.29) is 12.5 Å². The third kappa shape index (κ3) is 3.89. The Labute approximate surface area is 100 Å². The molecule has 0 aliphatic heterocycles. The van der Waals surface area contributed by atoms with Crippen molar-refractivity contribution in [1.29, 1.82) is 0 Å². The number of alkyl carbamates (subject to hydrolysis) is 1. The minimum Gasteiger partial charge on any atom is -0.444 e. The fourth-order valence-electron chi connectivity index (χ4n) is 1.81. The SMILES string of the molecule is CC(C)(C)OC(=O)NC1(OC=O)CC(CO)C1. The minimum atomic E-state index is -1.02. The van der Waals surface area contributed by atoms with Gasteiger partial charge in [-0.1, -0.05) is 0 Å². The number of ether oxygens (including phenoxy) is 2. The van der Waals surface area contributed by atoms with Crippen LogP contribution in [0, 0.1) is 5.92 Å². The summed E-state index contributed by atoms with van der Waals surface area (Å²) in [5, 5.41) is 11.4. The third-order valence-electron chi connectivity index (χ3n) is 2.50. The first kappa shape index (κ1) is 13.8. The average molecular weight is 245 g/mol. The van der Waals surface area contributed by atoms with E-state index in [2.05, 4.69) is 5.32 Å². The lowest BCUT2D eigenvalue weighted by Crippen LogP contribution is -2.60. The molecule has 0 aromatic heterocycles. The van der Waals surface area contributed by atoms with E-state index in [0.717, 1.165) is 0 Å². The Morgan fingerprint density at radius 2 is 2.12 bits per heavy atom. The first-order chi connectivity index (χ1) is 7.80. The number of amides is 1. The molecule has 1 fully saturated rings. The molecule has 0 unspecified atom stereocenters. The molecule has 1 amide bonds. The molecule has 0 atom stereocenters. The summed E-state index contributed by atoms with van der Waals surface area (Å²) in [7, 11) is 0. The smallest absolute Gasteiger partial charge is 0.410 e. The van der Waals surface area contributed by atoms with Gasteiger partial charge in [0.15, 0.2) is 5.72 Å². The van der Waals surface area contributed by atoms with Crippen LogP contribution in [0.3, 0.4) is 0 Å². The highest BCUT2D eigenvalue weighted by Crippen LogP contribution is 2.38. The largest absolute Gasteiger partial charge is 0.444 e. The van der Waals surface area contributed by atoms with E-state index in [0.29, 0.717) is 19.3 Å². The summed E-state index contributed by atoms with van der Waals surface area (Å²) in [5.74, 6) is 0.0462. The highest BCUT2D eigenvalue weighted by atomic mass is 16.6. The lowest BCUT2D eigenvalue weighted by Gasteiger charge is -2.45. The predicted molar refractivity (Wildman–Crippen MR) is 59.1 cm³/mol. The van der Waals surface area contributed by atoms with Crippen LogP contribution in [0.1, 0.15) is 33.6 Å². The molecule has 6 heteroatoms. The lowest BCUT2D eigenvalue weighted by atomic mass is 9.77. The van der Waals surface area contributed by atoms with Gasteiger partial charge in [-0.3, -0.25) is 10.1 Å². The van der Waals surface area contributed by atoms with Crippen molar-refractivity contribution >= 4 is 12.6 Å². The van der Waals surface area contributed by atoms with E-state index in [9.17, 15) is 9.59 Å². The zero-order valence-corrected chi connectivity index (χ0v) is 10.4. The van der Waals surface area contributed by atoms with Crippen LogP contribution >= 0.6 is 0 Å². The second kappa shape index (κ2) is 4.91. The second-order valence-electron chi connectivity index (χ2n) is 5.29. The van der Waals surface area contributed by atoms with Crippen molar-refractivity contribution in [2.24, 2.45) is 5.92 Å². The van der Waals surface area contributed by atoms with E-state index in [4.69, 9.17) is 14.6 Å². The fourth-order valence-corrected chi connectivity index (χ4v) is 1.81. The van der Waals surface area contributed by atoms with Gasteiger partial charge in [-0.25, -0.2) is 4.79 Å². The number of hydrogen-bond donors (Lipinski definition) is 2. The number of hydrogen-bond acceptors (Lipinski definition) is 5. The minimum absolute atomic E-state index is 0.0139. The predicted octanol–water partition coefficient (Wildman–Crippen LogP) is 0.783. The lowest BCUT2D eigenvalue weighted by molar-refractivity contribution is -0.169. The van der Waals surface area contributed by atoms with Crippen molar-refractivity contribution in [2.45, 2.75) is 44.9 Å². The average Bonchev–Trinajstić information content (AvgIpc) is 2.09. The highest BCUT2D eigenvalue weighted by Gasteiger charge is 2.48. The van der Waals surface area contributed by atoms with Crippen LogP contribution in [0.4, 0.5) is 4.79 Å². The molecule has 98 valence electrons. The van der Waals surface area contributed by atoms with Gasteiger partial charge in [-0.2, -0.15) is 0 Å². The van der Waals surface area contributed by atoms with Crippen LogP contribution < -0.4 is 5.32 Å². The van der Waals surface area contributed by atoms with Gasteiger partial charge in [0.05, 0.1) is 0 Å². The molecular formula is C11H19NO5. The maximum atomic E-state index is 11.5. The topological polar surface area (TPSA) is 84.9 Å². The Kier molecular flexibility index (Phi) is 3.98. The first-order valence-electron chi connectivity index (χ1n) is 5.54.